The van der Waals surface area contributed by atoms with Crippen molar-refractivity contribution in [3.8, 4) is 5.75 Å². The number of hydrogen-bond acceptors (Lipinski definition) is 4. The molecule has 21 heavy (non-hydrogen) atoms. The molecule has 1 rings (SSSR count). The van der Waals surface area contributed by atoms with Gasteiger partial charge in [0.15, 0.2) is 0 Å². The lowest BCUT2D eigenvalue weighted by molar-refractivity contribution is 0.106. The highest BCUT2D eigenvalue weighted by Crippen LogP contribution is 2.27. The summed E-state index contributed by atoms with van der Waals surface area (Å²) in [6.07, 6.45) is -0.586. The first-order valence-corrected chi connectivity index (χ1v) is 8.01. The van der Waals surface area contributed by atoms with E-state index in [4.69, 9.17) is 27.9 Å². The molecule has 0 bridgehead atoms. The lowest BCUT2D eigenvalue weighted by Crippen LogP contribution is -2.37. The number of benzene rings is 1. The lowest BCUT2D eigenvalue weighted by Gasteiger charge is -2.19. The van der Waals surface area contributed by atoms with E-state index in [1.165, 1.54) is 0 Å². The SMILES string of the molecule is CCN(CC)CCNC[C@@H](O)COc1cc(Cl)ccc1Cl. The zero-order chi connectivity index (χ0) is 15.7. The van der Waals surface area contributed by atoms with Crippen LogP contribution in [0.2, 0.25) is 10.0 Å². The van der Waals surface area contributed by atoms with Gasteiger partial charge in [0.05, 0.1) is 5.02 Å². The summed E-state index contributed by atoms with van der Waals surface area (Å²) in [6, 6.07) is 5.01. The van der Waals surface area contributed by atoms with Crippen LogP contribution in [-0.4, -0.2) is 55.4 Å². The van der Waals surface area contributed by atoms with Gasteiger partial charge in [-0.25, -0.2) is 0 Å². The van der Waals surface area contributed by atoms with Gasteiger partial charge in [0.2, 0.25) is 0 Å². The summed E-state index contributed by atoms with van der Waals surface area (Å²) in [7, 11) is 0. The molecule has 6 heteroatoms. The molecule has 0 radical (unpaired) electrons. The molecule has 1 atom stereocenters. The number of likely N-dealkylation sites (N-methyl/N-ethyl adjacent to an activating group) is 1. The third-order valence-corrected chi connectivity index (χ3v) is 3.75. The van der Waals surface area contributed by atoms with Crippen molar-refractivity contribution in [3.05, 3.63) is 28.2 Å². The summed E-state index contributed by atoms with van der Waals surface area (Å²) in [6.45, 7) is 8.84. The standard InChI is InChI=1S/C15H24Cl2N2O2/c1-3-19(4-2)8-7-18-10-13(20)11-21-15-9-12(16)5-6-14(15)17/h5-6,9,13,18,20H,3-4,7-8,10-11H2,1-2H3/t13-/m1/s1. The number of aliphatic hydroxyl groups excluding tert-OH is 1. The van der Waals surface area contributed by atoms with Gasteiger partial charge < -0.3 is 20.1 Å². The molecular formula is C15H24Cl2N2O2. The molecule has 0 aromatic heterocycles. The Hall–Kier alpha value is -0.520. The van der Waals surface area contributed by atoms with Crippen LogP contribution in [0.15, 0.2) is 18.2 Å². The summed E-state index contributed by atoms with van der Waals surface area (Å²) < 4.78 is 5.48. The minimum atomic E-state index is -0.586. The smallest absolute Gasteiger partial charge is 0.139 e. The second-order valence-electron chi connectivity index (χ2n) is 4.77. The number of rotatable bonds is 10. The molecule has 0 unspecified atom stereocenters. The van der Waals surface area contributed by atoms with Crippen molar-refractivity contribution >= 4 is 23.2 Å². The number of nitrogens with zero attached hydrogens (tertiary/aromatic N) is 1. The molecular weight excluding hydrogens is 311 g/mol. The summed E-state index contributed by atoms with van der Waals surface area (Å²) in [5.41, 5.74) is 0. The topological polar surface area (TPSA) is 44.7 Å². The number of nitrogens with one attached hydrogen (secondary N) is 1. The van der Waals surface area contributed by atoms with E-state index in [9.17, 15) is 5.11 Å². The zero-order valence-corrected chi connectivity index (χ0v) is 14.1. The van der Waals surface area contributed by atoms with Crippen LogP contribution in [0.25, 0.3) is 0 Å². The fourth-order valence-electron chi connectivity index (χ4n) is 1.88. The highest BCUT2D eigenvalue weighted by molar-refractivity contribution is 6.34. The van der Waals surface area contributed by atoms with Crippen molar-refractivity contribution in [3.63, 3.8) is 0 Å². The average molecular weight is 335 g/mol. The summed E-state index contributed by atoms with van der Waals surface area (Å²) in [5.74, 6) is 0.492. The van der Waals surface area contributed by atoms with Crippen LogP contribution in [0.3, 0.4) is 0 Å². The van der Waals surface area contributed by atoms with Crippen LogP contribution in [0.5, 0.6) is 5.75 Å². The molecule has 0 amide bonds. The Morgan fingerprint density at radius 3 is 2.67 bits per heavy atom. The molecule has 0 saturated heterocycles. The van der Waals surface area contributed by atoms with Gasteiger partial charge in [0.25, 0.3) is 0 Å². The van der Waals surface area contributed by atoms with Crippen LogP contribution in [0.4, 0.5) is 0 Å². The summed E-state index contributed by atoms with van der Waals surface area (Å²) >= 11 is 11.9. The minimum Gasteiger partial charge on any atom is -0.489 e. The number of halogens is 2. The molecule has 1 aromatic rings. The largest absolute Gasteiger partial charge is 0.489 e. The first-order valence-electron chi connectivity index (χ1n) is 7.25. The van der Waals surface area contributed by atoms with Crippen molar-refractivity contribution in [2.45, 2.75) is 20.0 Å². The minimum absolute atomic E-state index is 0.179. The highest BCUT2D eigenvalue weighted by atomic mass is 35.5. The van der Waals surface area contributed by atoms with E-state index in [0.717, 1.165) is 26.2 Å². The maximum atomic E-state index is 9.87. The molecule has 0 aliphatic heterocycles. The highest BCUT2D eigenvalue weighted by Gasteiger charge is 2.08. The number of aliphatic hydroxyl groups is 1. The maximum Gasteiger partial charge on any atom is 0.139 e. The Bertz CT molecular complexity index is 415. The fraction of sp³-hybridized carbons (Fsp3) is 0.600. The Balaban J connectivity index is 2.22. The summed E-state index contributed by atoms with van der Waals surface area (Å²) in [4.78, 5) is 2.32. The van der Waals surface area contributed by atoms with Gasteiger partial charge in [0, 0.05) is 30.7 Å². The van der Waals surface area contributed by atoms with E-state index in [2.05, 4.69) is 24.1 Å². The predicted molar refractivity (Wildman–Crippen MR) is 88.6 cm³/mol. The van der Waals surface area contributed by atoms with Gasteiger partial charge in [-0.05, 0) is 25.2 Å². The number of ether oxygens (including phenoxy) is 1. The van der Waals surface area contributed by atoms with Crippen molar-refractivity contribution < 1.29 is 9.84 Å². The van der Waals surface area contributed by atoms with E-state index in [1.54, 1.807) is 18.2 Å². The Morgan fingerprint density at radius 2 is 2.00 bits per heavy atom. The van der Waals surface area contributed by atoms with E-state index in [1.807, 2.05) is 0 Å². The monoisotopic (exact) mass is 334 g/mol. The van der Waals surface area contributed by atoms with E-state index in [-0.39, 0.29) is 6.61 Å². The van der Waals surface area contributed by atoms with Crippen molar-refractivity contribution in [2.24, 2.45) is 0 Å². The molecule has 0 aliphatic carbocycles. The molecule has 0 heterocycles. The van der Waals surface area contributed by atoms with E-state index in [0.29, 0.717) is 22.3 Å². The zero-order valence-electron chi connectivity index (χ0n) is 12.6. The number of hydrogen-bond donors (Lipinski definition) is 2. The normalized spacial score (nSPS) is 12.7. The van der Waals surface area contributed by atoms with Gasteiger partial charge in [-0.3, -0.25) is 0 Å². The third-order valence-electron chi connectivity index (χ3n) is 3.20. The van der Waals surface area contributed by atoms with Crippen LogP contribution in [0.1, 0.15) is 13.8 Å². The van der Waals surface area contributed by atoms with Crippen LogP contribution in [0, 0.1) is 0 Å². The molecule has 0 fully saturated rings. The van der Waals surface area contributed by atoms with Gasteiger partial charge in [-0.2, -0.15) is 0 Å². The quantitative estimate of drug-likeness (QED) is 0.646. The van der Waals surface area contributed by atoms with Gasteiger partial charge >= 0.3 is 0 Å². The predicted octanol–water partition coefficient (Wildman–Crippen LogP) is 2.66. The Labute approximate surface area is 137 Å². The van der Waals surface area contributed by atoms with Gasteiger partial charge in [-0.1, -0.05) is 37.0 Å². The summed E-state index contributed by atoms with van der Waals surface area (Å²) in [5, 5.41) is 14.1. The first kappa shape index (κ1) is 18.5. The van der Waals surface area contributed by atoms with Crippen molar-refractivity contribution in [1.29, 1.82) is 0 Å². The van der Waals surface area contributed by atoms with Crippen molar-refractivity contribution in [2.75, 3.05) is 39.3 Å². The van der Waals surface area contributed by atoms with Gasteiger partial charge in [0.1, 0.15) is 18.5 Å². The van der Waals surface area contributed by atoms with Crippen molar-refractivity contribution in [1.82, 2.24) is 10.2 Å². The molecule has 0 saturated carbocycles. The molecule has 2 N–H and O–H groups in total. The van der Waals surface area contributed by atoms with Crippen LogP contribution >= 0.6 is 23.2 Å². The van der Waals surface area contributed by atoms with E-state index < -0.39 is 6.10 Å². The lowest BCUT2D eigenvalue weighted by atomic mass is 10.3. The first-order chi connectivity index (χ1) is 10.1. The molecule has 0 aliphatic rings. The third kappa shape index (κ3) is 7.34. The molecule has 4 nitrogen and oxygen atoms in total. The Kier molecular flexibility index (Phi) is 9.04. The van der Waals surface area contributed by atoms with Gasteiger partial charge in [-0.15, -0.1) is 0 Å². The fourth-order valence-corrected chi connectivity index (χ4v) is 2.21. The Morgan fingerprint density at radius 1 is 1.29 bits per heavy atom. The second-order valence-corrected chi connectivity index (χ2v) is 5.61. The maximum absolute atomic E-state index is 9.87. The molecule has 1 aromatic carbocycles. The van der Waals surface area contributed by atoms with E-state index >= 15 is 0 Å². The molecule has 0 spiro atoms. The van der Waals surface area contributed by atoms with Crippen LogP contribution < -0.4 is 10.1 Å². The van der Waals surface area contributed by atoms with Crippen LogP contribution in [-0.2, 0) is 0 Å². The molecule has 120 valence electrons. The second kappa shape index (κ2) is 10.2. The average Bonchev–Trinajstić information content (AvgIpc) is 2.48.